The van der Waals surface area contributed by atoms with Gasteiger partial charge in [0, 0.05) is 31.9 Å². The van der Waals surface area contributed by atoms with Crippen LogP contribution in [0.5, 0.6) is 5.75 Å². The Balaban J connectivity index is 1.64. The van der Waals surface area contributed by atoms with Crippen LogP contribution in [0, 0.1) is 13.8 Å². The number of ether oxygens (including phenoxy) is 1. The van der Waals surface area contributed by atoms with Crippen LogP contribution in [0.4, 0.5) is 0 Å². The topological polar surface area (TPSA) is 99.8 Å². The normalized spacial score (nSPS) is 15.6. The van der Waals surface area contributed by atoms with E-state index in [9.17, 15) is 18.0 Å². The minimum Gasteiger partial charge on any atom is -0.496 e. The molecule has 1 fully saturated rings. The molecular formula is C18H23N3O5S2. The van der Waals surface area contributed by atoms with Crippen molar-refractivity contribution in [1.29, 1.82) is 0 Å². The van der Waals surface area contributed by atoms with Gasteiger partial charge < -0.3 is 14.6 Å². The zero-order valence-electron chi connectivity index (χ0n) is 16.0. The molecule has 1 saturated heterocycles. The Morgan fingerprint density at radius 1 is 1.21 bits per heavy atom. The summed E-state index contributed by atoms with van der Waals surface area (Å²) in [4.78, 5) is 27.8. The molecule has 1 amide bonds. The summed E-state index contributed by atoms with van der Waals surface area (Å²) < 4.78 is 32.2. The number of rotatable bonds is 5. The maximum absolute atomic E-state index is 12.8. The molecule has 1 aromatic heterocycles. The molecule has 28 heavy (non-hydrogen) atoms. The quantitative estimate of drug-likeness (QED) is 0.774. The van der Waals surface area contributed by atoms with Gasteiger partial charge in [0.2, 0.25) is 5.91 Å². The molecule has 1 N–H and O–H groups in total. The van der Waals surface area contributed by atoms with Crippen molar-refractivity contribution in [3.8, 4) is 5.75 Å². The average molecular weight is 426 g/mol. The van der Waals surface area contributed by atoms with Crippen molar-refractivity contribution < 1.29 is 17.9 Å². The molecule has 0 atom stereocenters. The Morgan fingerprint density at radius 2 is 1.89 bits per heavy atom. The van der Waals surface area contributed by atoms with E-state index < -0.39 is 14.9 Å². The average Bonchev–Trinajstić information content (AvgIpc) is 3.02. The molecule has 1 aliphatic heterocycles. The van der Waals surface area contributed by atoms with E-state index in [0.29, 0.717) is 30.1 Å². The van der Waals surface area contributed by atoms with Crippen LogP contribution in [0.25, 0.3) is 0 Å². The standard InChI is InChI=1S/C18H23N3O5S2/c1-12-4-5-14(10-15(12)26-3)11-16(22)20-6-8-21(9-7-20)28(24,25)17-13(2)19-18(23)27-17/h4-5,10H,6-9,11H2,1-3H3,(H,19,23). The maximum atomic E-state index is 12.8. The Kier molecular flexibility index (Phi) is 5.92. The number of carbonyl (C=O) groups excluding carboxylic acids is 1. The lowest BCUT2D eigenvalue weighted by atomic mass is 10.1. The summed E-state index contributed by atoms with van der Waals surface area (Å²) in [5, 5.41) is 0. The minimum atomic E-state index is -3.73. The van der Waals surface area contributed by atoms with Gasteiger partial charge in [-0.1, -0.05) is 23.5 Å². The molecular weight excluding hydrogens is 402 g/mol. The summed E-state index contributed by atoms with van der Waals surface area (Å²) in [5.74, 6) is 0.688. The SMILES string of the molecule is COc1cc(CC(=O)N2CCN(S(=O)(=O)c3sc(=O)[nH]c3C)CC2)ccc1C. The van der Waals surface area contributed by atoms with Gasteiger partial charge in [0.25, 0.3) is 10.0 Å². The number of piperazine rings is 1. The summed E-state index contributed by atoms with van der Waals surface area (Å²) in [7, 11) is -2.13. The van der Waals surface area contributed by atoms with Crippen molar-refractivity contribution >= 4 is 27.3 Å². The molecule has 2 aromatic rings. The molecule has 152 valence electrons. The molecule has 0 spiro atoms. The van der Waals surface area contributed by atoms with Crippen molar-refractivity contribution in [1.82, 2.24) is 14.2 Å². The molecule has 1 aromatic carbocycles. The van der Waals surface area contributed by atoms with Crippen LogP contribution < -0.4 is 9.61 Å². The predicted molar refractivity (Wildman–Crippen MR) is 106 cm³/mol. The Morgan fingerprint density at radius 3 is 2.46 bits per heavy atom. The number of aromatic amines is 1. The van der Waals surface area contributed by atoms with Gasteiger partial charge in [0.05, 0.1) is 13.5 Å². The number of H-pyrrole nitrogens is 1. The number of benzene rings is 1. The van der Waals surface area contributed by atoms with Crippen LogP contribution in [0.3, 0.4) is 0 Å². The van der Waals surface area contributed by atoms with E-state index in [1.54, 1.807) is 18.9 Å². The van der Waals surface area contributed by atoms with E-state index in [-0.39, 0.29) is 29.6 Å². The number of amides is 1. The van der Waals surface area contributed by atoms with Crippen LogP contribution in [0.2, 0.25) is 0 Å². The van der Waals surface area contributed by atoms with Crippen molar-refractivity contribution in [3.63, 3.8) is 0 Å². The number of nitrogens with one attached hydrogen (secondary N) is 1. The Hall–Kier alpha value is -2.17. The number of nitrogens with zero attached hydrogens (tertiary/aromatic N) is 2. The van der Waals surface area contributed by atoms with Gasteiger partial charge in [-0.05, 0) is 31.0 Å². The number of carbonyl (C=O) groups is 1. The fraction of sp³-hybridized carbons (Fsp3) is 0.444. The number of aromatic nitrogens is 1. The molecule has 3 rings (SSSR count). The minimum absolute atomic E-state index is 0.0454. The van der Waals surface area contributed by atoms with Gasteiger partial charge in [0.15, 0.2) is 4.21 Å². The van der Waals surface area contributed by atoms with Gasteiger partial charge in [-0.25, -0.2) is 8.42 Å². The van der Waals surface area contributed by atoms with Crippen molar-refractivity contribution in [2.75, 3.05) is 33.3 Å². The van der Waals surface area contributed by atoms with Crippen molar-refractivity contribution in [3.05, 3.63) is 44.7 Å². The molecule has 0 unspecified atom stereocenters. The first-order valence-electron chi connectivity index (χ1n) is 8.83. The van der Waals surface area contributed by atoms with Crippen LogP contribution in [0.1, 0.15) is 16.8 Å². The van der Waals surface area contributed by atoms with E-state index in [2.05, 4.69) is 4.98 Å². The zero-order chi connectivity index (χ0) is 20.5. The first kappa shape index (κ1) is 20.6. The largest absolute Gasteiger partial charge is 0.496 e. The van der Waals surface area contributed by atoms with E-state index in [0.717, 1.165) is 16.9 Å². The highest BCUT2D eigenvalue weighted by atomic mass is 32.2. The van der Waals surface area contributed by atoms with Crippen LogP contribution in [-0.4, -0.2) is 61.8 Å². The summed E-state index contributed by atoms with van der Waals surface area (Å²) in [5.41, 5.74) is 2.21. The van der Waals surface area contributed by atoms with Gasteiger partial charge in [-0.2, -0.15) is 4.31 Å². The van der Waals surface area contributed by atoms with Gasteiger partial charge >= 0.3 is 4.87 Å². The third-order valence-corrected chi connectivity index (χ3v) is 8.26. The molecule has 10 heteroatoms. The highest BCUT2D eigenvalue weighted by Gasteiger charge is 2.32. The van der Waals surface area contributed by atoms with Crippen LogP contribution >= 0.6 is 11.3 Å². The van der Waals surface area contributed by atoms with Crippen LogP contribution in [0.15, 0.2) is 27.2 Å². The molecule has 2 heterocycles. The van der Waals surface area contributed by atoms with Gasteiger partial charge in [0.1, 0.15) is 5.75 Å². The van der Waals surface area contributed by atoms with Crippen LogP contribution in [-0.2, 0) is 21.2 Å². The number of sulfonamides is 1. The lowest BCUT2D eigenvalue weighted by molar-refractivity contribution is -0.131. The Labute approximate surface area is 167 Å². The second-order valence-electron chi connectivity index (χ2n) is 6.69. The first-order chi connectivity index (χ1) is 13.2. The van der Waals surface area contributed by atoms with E-state index in [1.165, 1.54) is 4.31 Å². The molecule has 1 aliphatic rings. The molecule has 0 radical (unpaired) electrons. The number of thiazole rings is 1. The van der Waals surface area contributed by atoms with E-state index in [4.69, 9.17) is 4.74 Å². The second kappa shape index (κ2) is 8.06. The highest BCUT2D eigenvalue weighted by molar-refractivity contribution is 7.91. The van der Waals surface area contributed by atoms with E-state index in [1.807, 2.05) is 25.1 Å². The zero-order valence-corrected chi connectivity index (χ0v) is 17.7. The maximum Gasteiger partial charge on any atom is 0.305 e. The lowest BCUT2D eigenvalue weighted by Gasteiger charge is -2.33. The number of methoxy groups -OCH3 is 1. The summed E-state index contributed by atoms with van der Waals surface area (Å²) in [6.07, 6.45) is 0.238. The molecule has 0 bridgehead atoms. The number of hydrogen-bond donors (Lipinski definition) is 1. The fourth-order valence-corrected chi connectivity index (χ4v) is 6.05. The Bertz CT molecular complexity index is 1030. The molecule has 0 aliphatic carbocycles. The van der Waals surface area contributed by atoms with E-state index >= 15 is 0 Å². The first-order valence-corrected chi connectivity index (χ1v) is 11.1. The lowest BCUT2D eigenvalue weighted by Crippen LogP contribution is -2.50. The highest BCUT2D eigenvalue weighted by Crippen LogP contribution is 2.23. The second-order valence-corrected chi connectivity index (χ2v) is 9.81. The number of aryl methyl sites for hydroxylation is 2. The summed E-state index contributed by atoms with van der Waals surface area (Å²) >= 11 is 0.695. The summed E-state index contributed by atoms with van der Waals surface area (Å²) in [6, 6.07) is 5.66. The van der Waals surface area contributed by atoms with Crippen molar-refractivity contribution in [2.24, 2.45) is 0 Å². The fourth-order valence-electron chi connectivity index (χ4n) is 3.19. The molecule has 8 nitrogen and oxygen atoms in total. The third-order valence-electron chi connectivity index (χ3n) is 4.77. The summed E-state index contributed by atoms with van der Waals surface area (Å²) in [6.45, 7) is 4.56. The monoisotopic (exact) mass is 425 g/mol. The smallest absolute Gasteiger partial charge is 0.305 e. The van der Waals surface area contributed by atoms with Crippen molar-refractivity contribution in [2.45, 2.75) is 24.5 Å². The predicted octanol–water partition coefficient (Wildman–Crippen LogP) is 1.14. The molecule has 0 saturated carbocycles. The van der Waals surface area contributed by atoms with Gasteiger partial charge in [-0.15, -0.1) is 0 Å². The third kappa shape index (κ3) is 4.13. The number of hydrogen-bond acceptors (Lipinski definition) is 6. The van der Waals surface area contributed by atoms with Gasteiger partial charge in [-0.3, -0.25) is 9.59 Å².